The van der Waals surface area contributed by atoms with Crippen molar-refractivity contribution in [1.82, 2.24) is 0 Å². The van der Waals surface area contributed by atoms with Crippen LogP contribution in [-0.4, -0.2) is 17.4 Å². The van der Waals surface area contributed by atoms with Crippen molar-refractivity contribution in [3.05, 3.63) is 66.2 Å². The molecular formula is C17H16N2OS. The highest BCUT2D eigenvalue weighted by Crippen LogP contribution is 2.37. The number of thiocarbonyl (C=S) groups is 1. The second kappa shape index (κ2) is 5.66. The van der Waals surface area contributed by atoms with Gasteiger partial charge in [0.25, 0.3) is 0 Å². The lowest BCUT2D eigenvalue weighted by atomic mass is 9.88. The lowest BCUT2D eigenvalue weighted by molar-refractivity contribution is -0.121. The fourth-order valence-electron chi connectivity index (χ4n) is 2.86. The molecule has 0 radical (unpaired) electrons. The molecule has 0 bridgehead atoms. The third-order valence-electron chi connectivity index (χ3n) is 3.91. The molecule has 0 aromatic heterocycles. The molecule has 1 saturated heterocycles. The second-order valence-electron chi connectivity index (χ2n) is 5.18. The van der Waals surface area contributed by atoms with Crippen LogP contribution in [0.5, 0.6) is 0 Å². The summed E-state index contributed by atoms with van der Waals surface area (Å²) < 4.78 is 0. The first-order valence-electron chi connectivity index (χ1n) is 6.89. The Morgan fingerprint density at radius 2 is 1.62 bits per heavy atom. The summed E-state index contributed by atoms with van der Waals surface area (Å²) in [5.41, 5.74) is 7.66. The Balaban J connectivity index is 1.99. The summed E-state index contributed by atoms with van der Waals surface area (Å²) in [5, 5.41) is 0. The molecule has 0 saturated carbocycles. The van der Waals surface area contributed by atoms with E-state index in [0.29, 0.717) is 6.54 Å². The van der Waals surface area contributed by atoms with Crippen molar-refractivity contribution in [2.75, 3.05) is 11.4 Å². The van der Waals surface area contributed by atoms with Gasteiger partial charge in [0.2, 0.25) is 5.91 Å². The van der Waals surface area contributed by atoms with Crippen LogP contribution in [0.2, 0.25) is 0 Å². The number of nitrogens with zero attached hydrogens (tertiary/aromatic N) is 1. The Bertz CT molecular complexity index is 657. The maximum Gasteiger partial charge on any atom is 0.223 e. The lowest BCUT2D eigenvalue weighted by Gasteiger charge is -2.19. The van der Waals surface area contributed by atoms with Crippen molar-refractivity contribution in [1.29, 1.82) is 0 Å². The zero-order valence-electron chi connectivity index (χ0n) is 11.5. The van der Waals surface area contributed by atoms with E-state index in [-0.39, 0.29) is 17.7 Å². The van der Waals surface area contributed by atoms with E-state index < -0.39 is 0 Å². The van der Waals surface area contributed by atoms with Gasteiger partial charge in [-0.05, 0) is 17.7 Å². The number of amides is 1. The zero-order chi connectivity index (χ0) is 14.8. The number of rotatable bonds is 3. The highest BCUT2D eigenvalue weighted by atomic mass is 32.1. The van der Waals surface area contributed by atoms with Crippen molar-refractivity contribution in [2.24, 2.45) is 11.7 Å². The number of benzene rings is 2. The predicted octanol–water partition coefficient (Wildman–Crippen LogP) is 2.72. The molecule has 1 amide bonds. The molecule has 2 unspecified atom stereocenters. The van der Waals surface area contributed by atoms with Gasteiger partial charge >= 0.3 is 0 Å². The van der Waals surface area contributed by atoms with E-state index in [1.807, 2.05) is 65.6 Å². The van der Waals surface area contributed by atoms with Crippen LogP contribution in [0, 0.1) is 5.92 Å². The van der Waals surface area contributed by atoms with Crippen molar-refractivity contribution in [3.8, 4) is 0 Å². The van der Waals surface area contributed by atoms with Gasteiger partial charge in [0.1, 0.15) is 0 Å². The van der Waals surface area contributed by atoms with E-state index in [0.717, 1.165) is 16.2 Å². The Kier molecular flexibility index (Phi) is 3.71. The summed E-state index contributed by atoms with van der Waals surface area (Å²) in [7, 11) is 0. The fraction of sp³-hybridized carbons (Fsp3) is 0.176. The highest BCUT2D eigenvalue weighted by molar-refractivity contribution is 7.80. The van der Waals surface area contributed by atoms with Crippen LogP contribution in [0.4, 0.5) is 5.69 Å². The minimum absolute atomic E-state index is 0.126. The van der Waals surface area contributed by atoms with Gasteiger partial charge < -0.3 is 10.6 Å². The number of hydrogen-bond acceptors (Lipinski definition) is 2. The molecule has 21 heavy (non-hydrogen) atoms. The quantitative estimate of drug-likeness (QED) is 0.886. The van der Waals surface area contributed by atoms with E-state index in [2.05, 4.69) is 0 Å². The van der Waals surface area contributed by atoms with Crippen LogP contribution in [-0.2, 0) is 4.79 Å². The smallest absolute Gasteiger partial charge is 0.223 e. The molecule has 2 atom stereocenters. The number of carbonyl (C=O) groups is 1. The van der Waals surface area contributed by atoms with Crippen LogP contribution in [0.25, 0.3) is 0 Å². The molecule has 0 aliphatic carbocycles. The number of hydrogen-bond donors (Lipinski definition) is 1. The molecule has 0 spiro atoms. The maximum absolute atomic E-state index is 11.8. The first kappa shape index (κ1) is 13.8. The molecule has 3 rings (SSSR count). The number of anilines is 1. The van der Waals surface area contributed by atoms with Gasteiger partial charge in [-0.1, -0.05) is 60.7 Å². The lowest BCUT2D eigenvalue weighted by Crippen LogP contribution is -2.29. The molecule has 2 aromatic carbocycles. The summed E-state index contributed by atoms with van der Waals surface area (Å²) in [6.07, 6.45) is 0. The molecule has 3 nitrogen and oxygen atoms in total. The van der Waals surface area contributed by atoms with Gasteiger partial charge in [-0.25, -0.2) is 0 Å². The number of nitrogens with two attached hydrogens (primary N) is 1. The van der Waals surface area contributed by atoms with Gasteiger partial charge in [-0.15, -0.1) is 0 Å². The second-order valence-corrected chi connectivity index (χ2v) is 5.60. The molecule has 4 heteroatoms. The monoisotopic (exact) mass is 296 g/mol. The van der Waals surface area contributed by atoms with E-state index in [1.54, 1.807) is 0 Å². The summed E-state index contributed by atoms with van der Waals surface area (Å²) in [5.74, 6) is -0.719. The van der Waals surface area contributed by atoms with Gasteiger partial charge in [0, 0.05) is 18.2 Å². The van der Waals surface area contributed by atoms with Crippen molar-refractivity contribution < 1.29 is 4.79 Å². The van der Waals surface area contributed by atoms with Crippen molar-refractivity contribution >= 4 is 28.8 Å². The minimum atomic E-state index is -0.301. The molecule has 2 N–H and O–H groups in total. The summed E-state index contributed by atoms with van der Waals surface area (Å²) in [6.45, 7) is 0.539. The topological polar surface area (TPSA) is 46.3 Å². The molecule has 106 valence electrons. The average Bonchev–Trinajstić information content (AvgIpc) is 2.87. The van der Waals surface area contributed by atoms with Crippen LogP contribution in [0.1, 0.15) is 11.5 Å². The minimum Gasteiger partial charge on any atom is -0.369 e. The molecule has 1 aliphatic heterocycles. The number of para-hydroxylation sites is 1. The van der Waals surface area contributed by atoms with Crippen LogP contribution >= 0.6 is 12.2 Å². The van der Waals surface area contributed by atoms with Gasteiger partial charge in [-0.3, -0.25) is 4.79 Å². The van der Waals surface area contributed by atoms with Crippen molar-refractivity contribution in [3.63, 3.8) is 0 Å². The normalized spacial score (nSPS) is 21.5. The summed E-state index contributed by atoms with van der Waals surface area (Å²) >= 11 is 5.64. The van der Waals surface area contributed by atoms with E-state index in [4.69, 9.17) is 18.0 Å². The van der Waals surface area contributed by atoms with Crippen molar-refractivity contribution in [2.45, 2.75) is 5.92 Å². The molecular weight excluding hydrogens is 280 g/mol. The zero-order valence-corrected chi connectivity index (χ0v) is 12.3. The van der Waals surface area contributed by atoms with E-state index in [1.165, 1.54) is 0 Å². The molecule has 1 heterocycles. The Hall–Kier alpha value is -2.20. The fourth-order valence-corrected chi connectivity index (χ4v) is 3.34. The largest absolute Gasteiger partial charge is 0.369 e. The van der Waals surface area contributed by atoms with Crippen LogP contribution in [0.3, 0.4) is 0 Å². The third kappa shape index (κ3) is 2.54. The predicted molar refractivity (Wildman–Crippen MR) is 88.3 cm³/mol. The first-order valence-corrected chi connectivity index (χ1v) is 7.30. The Morgan fingerprint density at radius 1 is 1.05 bits per heavy atom. The SMILES string of the molecule is NC(=O)C1CN(c2ccccc2)C(=S)C1c1ccccc1. The average molecular weight is 296 g/mol. The van der Waals surface area contributed by atoms with Gasteiger partial charge in [-0.2, -0.15) is 0 Å². The third-order valence-corrected chi connectivity index (χ3v) is 4.38. The number of primary amides is 1. The first-order chi connectivity index (χ1) is 10.2. The van der Waals surface area contributed by atoms with Gasteiger partial charge in [0.05, 0.1) is 10.9 Å². The van der Waals surface area contributed by atoms with Crippen LogP contribution in [0.15, 0.2) is 60.7 Å². The summed E-state index contributed by atoms with van der Waals surface area (Å²) in [4.78, 5) is 14.6. The molecule has 2 aromatic rings. The van der Waals surface area contributed by atoms with Gasteiger partial charge in [0.15, 0.2) is 0 Å². The van der Waals surface area contributed by atoms with E-state index >= 15 is 0 Å². The Morgan fingerprint density at radius 3 is 2.19 bits per heavy atom. The van der Waals surface area contributed by atoms with Crippen LogP contribution < -0.4 is 10.6 Å². The molecule has 1 fully saturated rings. The Labute approximate surface area is 129 Å². The summed E-state index contributed by atoms with van der Waals surface area (Å²) in [6, 6.07) is 19.8. The highest BCUT2D eigenvalue weighted by Gasteiger charge is 2.41. The number of carbonyl (C=O) groups excluding carboxylic acids is 1. The van der Waals surface area contributed by atoms with E-state index in [9.17, 15) is 4.79 Å². The standard InChI is InChI=1S/C17H16N2OS/c18-16(20)14-11-19(13-9-5-2-6-10-13)17(21)15(14)12-7-3-1-4-8-12/h1-10,14-15H,11H2,(H2,18,20). The molecule has 1 aliphatic rings. The maximum atomic E-state index is 11.8.